The molecule has 0 saturated carbocycles. The first-order valence-corrected chi connectivity index (χ1v) is 11.1. The van der Waals surface area contributed by atoms with E-state index in [1.54, 1.807) is 7.11 Å². The van der Waals surface area contributed by atoms with Crippen LogP contribution in [0.25, 0.3) is 5.65 Å². The lowest BCUT2D eigenvalue weighted by Gasteiger charge is -2.40. The molecule has 2 aromatic heterocycles. The number of esters is 1. The first-order valence-electron chi connectivity index (χ1n) is 11.1. The van der Waals surface area contributed by atoms with Crippen molar-refractivity contribution in [1.29, 1.82) is 0 Å². The lowest BCUT2D eigenvalue weighted by molar-refractivity contribution is -0.158. The Bertz CT molecular complexity index is 1070. The number of aryl methyl sites for hydroxylation is 2. The molecule has 4 rings (SSSR count). The number of aromatic nitrogens is 2. The van der Waals surface area contributed by atoms with Crippen molar-refractivity contribution < 1.29 is 19.0 Å². The number of hydrogen-bond acceptors (Lipinski definition) is 7. The van der Waals surface area contributed by atoms with Gasteiger partial charge in [-0.3, -0.25) is 4.79 Å². The van der Waals surface area contributed by atoms with Crippen LogP contribution < -0.4 is 10.6 Å². The summed E-state index contributed by atoms with van der Waals surface area (Å²) in [7, 11) is 5.38. The topological polar surface area (TPSA) is 86.1 Å². The summed E-state index contributed by atoms with van der Waals surface area (Å²) in [6.07, 6.45) is 1.01. The number of anilines is 1. The molecule has 1 aromatic carbocycles. The van der Waals surface area contributed by atoms with Gasteiger partial charge < -0.3 is 29.2 Å². The molecular formula is C25H34N4O4. The minimum absolute atomic E-state index is 0.279. The number of imidazole rings is 1. The van der Waals surface area contributed by atoms with E-state index in [1.165, 1.54) is 6.92 Å². The molecule has 0 amide bonds. The molecule has 0 spiro atoms. The van der Waals surface area contributed by atoms with Gasteiger partial charge in [0.2, 0.25) is 0 Å². The maximum atomic E-state index is 12.0. The van der Waals surface area contributed by atoms with E-state index in [1.807, 2.05) is 70.5 Å². The predicted octanol–water partition coefficient (Wildman–Crippen LogP) is 3.59. The van der Waals surface area contributed by atoms with Gasteiger partial charge in [0.1, 0.15) is 6.10 Å². The van der Waals surface area contributed by atoms with Crippen molar-refractivity contribution in [3.8, 4) is 0 Å². The standard InChI is InChI=1S/C23H27N3O4.C2H7N/c1-14-15(2)26-11-10-18-20(23(26)24-14)25-19(17-8-6-5-7-9-17)22(30-16(3)27)21(18)29-13-12-28-4;1-3-2/h5-11,19,21-22,25H,12-13H2,1-4H3;3H,1-2H3/t19-,21+,22-;/m1./s1. The fourth-order valence-corrected chi connectivity index (χ4v) is 4.03. The van der Waals surface area contributed by atoms with Crippen molar-refractivity contribution in [2.75, 3.05) is 39.7 Å². The molecule has 0 aliphatic carbocycles. The zero-order chi connectivity index (χ0) is 24.0. The Hall–Kier alpha value is -2.94. The Morgan fingerprint density at radius 1 is 1.15 bits per heavy atom. The van der Waals surface area contributed by atoms with Gasteiger partial charge in [-0.2, -0.15) is 0 Å². The second-order valence-electron chi connectivity index (χ2n) is 8.01. The van der Waals surface area contributed by atoms with Crippen molar-refractivity contribution in [3.63, 3.8) is 0 Å². The van der Waals surface area contributed by atoms with Gasteiger partial charge in [0, 0.05) is 31.5 Å². The lowest BCUT2D eigenvalue weighted by Crippen LogP contribution is -2.41. The number of hydrogen-bond donors (Lipinski definition) is 2. The number of carbonyl (C=O) groups excluding carboxylic acids is 1. The van der Waals surface area contributed by atoms with Crippen LogP contribution in [0.2, 0.25) is 0 Å². The van der Waals surface area contributed by atoms with Gasteiger partial charge in [-0.25, -0.2) is 4.98 Å². The summed E-state index contributed by atoms with van der Waals surface area (Å²) in [6.45, 7) is 6.31. The van der Waals surface area contributed by atoms with Crippen LogP contribution in [0.1, 0.15) is 41.6 Å². The average Bonchev–Trinajstić information content (AvgIpc) is 3.09. The number of nitrogens with one attached hydrogen (secondary N) is 2. The van der Waals surface area contributed by atoms with Crippen LogP contribution in [0.5, 0.6) is 0 Å². The van der Waals surface area contributed by atoms with E-state index < -0.39 is 12.2 Å². The molecule has 1 aliphatic heterocycles. The summed E-state index contributed by atoms with van der Waals surface area (Å²) in [5.41, 5.74) is 5.72. The van der Waals surface area contributed by atoms with E-state index in [0.29, 0.717) is 13.2 Å². The maximum Gasteiger partial charge on any atom is 0.303 e. The molecule has 0 unspecified atom stereocenters. The van der Waals surface area contributed by atoms with Crippen molar-refractivity contribution in [3.05, 3.63) is 65.1 Å². The minimum Gasteiger partial charge on any atom is -0.457 e. The Kier molecular flexibility index (Phi) is 8.43. The maximum absolute atomic E-state index is 12.0. The Morgan fingerprint density at radius 3 is 2.48 bits per heavy atom. The number of rotatable bonds is 6. The van der Waals surface area contributed by atoms with Gasteiger partial charge in [0.15, 0.2) is 11.8 Å². The molecule has 33 heavy (non-hydrogen) atoms. The number of ether oxygens (including phenoxy) is 3. The SMILES string of the molecule is CNC.COCCO[C@H]1c2ccn3c(C)c(C)nc3c2N[C@H](c2ccccc2)[C@H]1OC(C)=O. The zero-order valence-corrected chi connectivity index (χ0v) is 20.2. The van der Waals surface area contributed by atoms with Gasteiger partial charge in [-0.05, 0) is 39.6 Å². The molecule has 8 nitrogen and oxygen atoms in total. The van der Waals surface area contributed by atoms with Crippen molar-refractivity contribution in [2.45, 2.75) is 39.0 Å². The zero-order valence-electron chi connectivity index (χ0n) is 20.2. The summed E-state index contributed by atoms with van der Waals surface area (Å²) < 4.78 is 19.3. The third kappa shape index (κ3) is 5.35. The van der Waals surface area contributed by atoms with Crippen LogP contribution in [0.15, 0.2) is 42.6 Å². The first kappa shape index (κ1) is 24.7. The summed E-state index contributed by atoms with van der Waals surface area (Å²) in [4.78, 5) is 16.8. The Morgan fingerprint density at radius 2 is 1.85 bits per heavy atom. The van der Waals surface area contributed by atoms with Crippen LogP contribution in [0.3, 0.4) is 0 Å². The number of carbonyl (C=O) groups is 1. The van der Waals surface area contributed by atoms with Crippen molar-refractivity contribution in [2.24, 2.45) is 0 Å². The Labute approximate surface area is 195 Å². The summed E-state index contributed by atoms with van der Waals surface area (Å²) >= 11 is 0. The summed E-state index contributed by atoms with van der Waals surface area (Å²) in [5.74, 6) is -0.347. The highest BCUT2D eigenvalue weighted by molar-refractivity contribution is 5.76. The molecule has 0 saturated heterocycles. The van der Waals surface area contributed by atoms with Crippen molar-refractivity contribution in [1.82, 2.24) is 14.7 Å². The number of nitrogens with zero attached hydrogens (tertiary/aromatic N) is 2. The van der Waals surface area contributed by atoms with Crippen LogP contribution in [-0.2, 0) is 19.0 Å². The van der Waals surface area contributed by atoms with Gasteiger partial charge in [0.25, 0.3) is 0 Å². The molecule has 8 heteroatoms. The number of pyridine rings is 1. The minimum atomic E-state index is -0.533. The number of fused-ring (bicyclic) bond motifs is 3. The summed E-state index contributed by atoms with van der Waals surface area (Å²) in [6, 6.07) is 11.7. The van der Waals surface area contributed by atoms with Gasteiger partial charge in [0.05, 0.1) is 30.6 Å². The van der Waals surface area contributed by atoms with Crippen molar-refractivity contribution >= 4 is 17.3 Å². The molecule has 2 N–H and O–H groups in total. The molecule has 3 heterocycles. The smallest absolute Gasteiger partial charge is 0.303 e. The van der Waals surface area contributed by atoms with Crippen LogP contribution in [0.4, 0.5) is 5.69 Å². The molecule has 0 radical (unpaired) electrons. The third-order valence-electron chi connectivity index (χ3n) is 5.58. The van der Waals surface area contributed by atoms with E-state index in [0.717, 1.165) is 33.8 Å². The Balaban J connectivity index is 0.000000968. The molecule has 0 bridgehead atoms. The molecule has 1 aliphatic rings. The largest absolute Gasteiger partial charge is 0.457 e. The van der Waals surface area contributed by atoms with E-state index in [2.05, 4.69) is 15.0 Å². The van der Waals surface area contributed by atoms with Crippen LogP contribution in [0, 0.1) is 13.8 Å². The van der Waals surface area contributed by atoms with Gasteiger partial charge in [-0.1, -0.05) is 30.3 Å². The molecule has 3 aromatic rings. The van der Waals surface area contributed by atoms with Gasteiger partial charge in [-0.15, -0.1) is 0 Å². The fraction of sp³-hybridized carbons (Fsp3) is 0.440. The van der Waals surface area contributed by atoms with E-state index in [-0.39, 0.29) is 12.0 Å². The quantitative estimate of drug-likeness (QED) is 0.435. The van der Waals surface area contributed by atoms with E-state index in [9.17, 15) is 4.79 Å². The predicted molar refractivity (Wildman–Crippen MR) is 129 cm³/mol. The number of methoxy groups -OCH3 is 1. The highest BCUT2D eigenvalue weighted by Gasteiger charge is 2.41. The molecule has 0 fully saturated rings. The van der Waals surface area contributed by atoms with Crippen LogP contribution in [-0.4, -0.2) is 55.9 Å². The highest BCUT2D eigenvalue weighted by Crippen LogP contribution is 2.44. The monoisotopic (exact) mass is 454 g/mol. The van der Waals surface area contributed by atoms with Gasteiger partial charge >= 0.3 is 5.97 Å². The number of benzene rings is 1. The van der Waals surface area contributed by atoms with Crippen LogP contribution >= 0.6 is 0 Å². The second kappa shape index (κ2) is 11.3. The molecule has 178 valence electrons. The third-order valence-corrected chi connectivity index (χ3v) is 5.58. The highest BCUT2D eigenvalue weighted by atomic mass is 16.6. The first-order chi connectivity index (χ1) is 15.9. The lowest BCUT2D eigenvalue weighted by atomic mass is 9.88. The summed E-state index contributed by atoms with van der Waals surface area (Å²) in [5, 5.41) is 6.35. The average molecular weight is 455 g/mol. The second-order valence-corrected chi connectivity index (χ2v) is 8.01. The molecule has 3 atom stereocenters. The van der Waals surface area contributed by atoms with E-state index in [4.69, 9.17) is 19.2 Å². The normalized spacial score (nSPS) is 19.3. The van der Waals surface area contributed by atoms with E-state index >= 15 is 0 Å². The fourth-order valence-electron chi connectivity index (χ4n) is 4.03. The molecular weight excluding hydrogens is 420 g/mol.